The molecule has 0 radical (unpaired) electrons. The van der Waals surface area contributed by atoms with Gasteiger partial charge >= 0.3 is 0 Å². The van der Waals surface area contributed by atoms with Crippen LogP contribution in [0.25, 0.3) is 0 Å². The summed E-state index contributed by atoms with van der Waals surface area (Å²) in [4.78, 5) is 0. The topological polar surface area (TPSA) is 29.5 Å². The van der Waals surface area contributed by atoms with E-state index in [2.05, 4.69) is 6.92 Å². The predicted molar refractivity (Wildman–Crippen MR) is 74.6 cm³/mol. The maximum absolute atomic E-state index is 9.82. The van der Waals surface area contributed by atoms with Gasteiger partial charge in [0.25, 0.3) is 0 Å². The molecular weight excluding hydrogens is 224 g/mol. The first-order valence-electron chi connectivity index (χ1n) is 8.05. The van der Waals surface area contributed by atoms with Crippen molar-refractivity contribution in [1.29, 1.82) is 0 Å². The highest BCUT2D eigenvalue weighted by Gasteiger charge is 2.50. The molecule has 1 N–H and O–H groups in total. The van der Waals surface area contributed by atoms with Crippen molar-refractivity contribution >= 4 is 0 Å². The van der Waals surface area contributed by atoms with Gasteiger partial charge in [0.1, 0.15) is 0 Å². The third kappa shape index (κ3) is 3.48. The lowest BCUT2D eigenvalue weighted by molar-refractivity contribution is -0.00553. The minimum absolute atomic E-state index is 0.117. The van der Waals surface area contributed by atoms with E-state index in [4.69, 9.17) is 4.74 Å². The number of hydrogen-bond acceptors (Lipinski definition) is 2. The van der Waals surface area contributed by atoms with Gasteiger partial charge in [-0.05, 0) is 31.6 Å². The summed E-state index contributed by atoms with van der Waals surface area (Å²) in [6.07, 6.45) is 13.3. The molecule has 2 heteroatoms. The second-order valence-electron chi connectivity index (χ2n) is 6.42. The lowest BCUT2D eigenvalue weighted by atomic mass is 9.75. The molecule has 2 aliphatic rings. The van der Waals surface area contributed by atoms with Crippen molar-refractivity contribution in [2.24, 2.45) is 11.3 Å². The quantitative estimate of drug-likeness (QED) is 0.632. The van der Waals surface area contributed by atoms with Crippen LogP contribution in [0, 0.1) is 11.3 Å². The fourth-order valence-corrected chi connectivity index (χ4v) is 3.52. The molecule has 2 fully saturated rings. The number of aliphatic hydroxyl groups excluding tert-OH is 1. The maximum atomic E-state index is 9.82. The summed E-state index contributed by atoms with van der Waals surface area (Å²) in [6.45, 7) is 3.47. The lowest BCUT2D eigenvalue weighted by Gasteiger charge is -2.32. The third-order valence-electron chi connectivity index (χ3n) is 4.89. The molecular formula is C16H30O2. The third-order valence-corrected chi connectivity index (χ3v) is 4.89. The number of unbranched alkanes of at least 4 members (excludes halogenated alkanes) is 5. The fourth-order valence-electron chi connectivity index (χ4n) is 3.52. The normalized spacial score (nSPS) is 32.0. The molecule has 1 aliphatic carbocycles. The van der Waals surface area contributed by atoms with Crippen LogP contribution in [0.15, 0.2) is 0 Å². The molecule has 106 valence electrons. The minimum Gasteiger partial charge on any atom is -0.396 e. The van der Waals surface area contributed by atoms with Crippen molar-refractivity contribution in [1.82, 2.24) is 0 Å². The molecule has 18 heavy (non-hydrogen) atoms. The summed E-state index contributed by atoms with van der Waals surface area (Å²) < 4.78 is 5.92. The second kappa shape index (κ2) is 6.91. The summed E-state index contributed by atoms with van der Waals surface area (Å²) >= 11 is 0. The summed E-state index contributed by atoms with van der Waals surface area (Å²) in [5.41, 5.74) is 0.117. The molecule has 2 atom stereocenters. The number of rotatable bonds is 9. The van der Waals surface area contributed by atoms with Gasteiger partial charge in [-0.3, -0.25) is 0 Å². The van der Waals surface area contributed by atoms with Crippen molar-refractivity contribution in [3.8, 4) is 0 Å². The van der Waals surface area contributed by atoms with Crippen LogP contribution in [-0.4, -0.2) is 24.4 Å². The molecule has 1 heterocycles. The Hall–Kier alpha value is -0.0800. The summed E-state index contributed by atoms with van der Waals surface area (Å²) in [6, 6.07) is 0. The van der Waals surface area contributed by atoms with Crippen molar-refractivity contribution in [2.75, 3.05) is 13.2 Å². The lowest BCUT2D eigenvalue weighted by Crippen LogP contribution is -2.36. The van der Waals surface area contributed by atoms with E-state index in [9.17, 15) is 5.11 Å². The number of aliphatic hydroxyl groups is 1. The molecule has 0 bridgehead atoms. The maximum Gasteiger partial charge on any atom is 0.0682 e. The zero-order valence-electron chi connectivity index (χ0n) is 12.0. The van der Waals surface area contributed by atoms with E-state index >= 15 is 0 Å². The fraction of sp³-hybridized carbons (Fsp3) is 1.00. The van der Waals surface area contributed by atoms with Gasteiger partial charge in [0.2, 0.25) is 0 Å². The molecule has 0 amide bonds. The van der Waals surface area contributed by atoms with Crippen LogP contribution in [0.2, 0.25) is 0 Å². The average Bonchev–Trinajstić information content (AvgIpc) is 3.15. The molecule has 1 aliphatic heterocycles. The largest absolute Gasteiger partial charge is 0.396 e. The molecule has 0 spiro atoms. The van der Waals surface area contributed by atoms with Crippen molar-refractivity contribution < 1.29 is 9.84 Å². The molecule has 2 nitrogen and oxygen atoms in total. The van der Waals surface area contributed by atoms with Crippen LogP contribution < -0.4 is 0 Å². The van der Waals surface area contributed by atoms with Crippen LogP contribution in [0.3, 0.4) is 0 Å². The van der Waals surface area contributed by atoms with E-state index in [1.807, 2.05) is 0 Å². The van der Waals surface area contributed by atoms with Gasteiger partial charge in [0, 0.05) is 12.0 Å². The summed E-state index contributed by atoms with van der Waals surface area (Å²) in [5.74, 6) is 0.764. The molecule has 1 saturated heterocycles. The van der Waals surface area contributed by atoms with E-state index in [0.717, 1.165) is 18.9 Å². The Kier molecular flexibility index (Phi) is 5.50. The van der Waals surface area contributed by atoms with Gasteiger partial charge in [-0.1, -0.05) is 45.4 Å². The first-order chi connectivity index (χ1) is 8.82. The SMILES string of the molecule is CCCCCCCCC1(CO)CCOC1C1CC1. The molecule has 1 saturated carbocycles. The smallest absolute Gasteiger partial charge is 0.0682 e. The highest BCUT2D eigenvalue weighted by atomic mass is 16.5. The van der Waals surface area contributed by atoms with Crippen molar-refractivity contribution in [3.05, 3.63) is 0 Å². The highest BCUT2D eigenvalue weighted by molar-refractivity contribution is 4.99. The molecule has 0 aromatic rings. The molecule has 2 rings (SSSR count). The Bertz CT molecular complexity index is 237. The Balaban J connectivity index is 1.70. The van der Waals surface area contributed by atoms with E-state index < -0.39 is 0 Å². The van der Waals surface area contributed by atoms with Gasteiger partial charge in [-0.2, -0.15) is 0 Å². The summed E-state index contributed by atoms with van der Waals surface area (Å²) in [7, 11) is 0. The van der Waals surface area contributed by atoms with E-state index in [0.29, 0.717) is 12.7 Å². The van der Waals surface area contributed by atoms with Crippen LogP contribution in [-0.2, 0) is 4.74 Å². The van der Waals surface area contributed by atoms with Crippen molar-refractivity contribution in [3.63, 3.8) is 0 Å². The van der Waals surface area contributed by atoms with Gasteiger partial charge in [0.15, 0.2) is 0 Å². The molecule has 0 aromatic heterocycles. The van der Waals surface area contributed by atoms with Gasteiger partial charge in [-0.15, -0.1) is 0 Å². The monoisotopic (exact) mass is 254 g/mol. The first kappa shape index (κ1) is 14.3. The predicted octanol–water partition coefficient (Wildman–Crippen LogP) is 3.91. The zero-order chi connectivity index (χ0) is 12.8. The average molecular weight is 254 g/mol. The van der Waals surface area contributed by atoms with Gasteiger partial charge in [-0.25, -0.2) is 0 Å². The second-order valence-corrected chi connectivity index (χ2v) is 6.42. The van der Waals surface area contributed by atoms with Crippen LogP contribution in [0.5, 0.6) is 0 Å². The Labute approximate surface area is 112 Å². The molecule has 0 aromatic carbocycles. The number of hydrogen-bond donors (Lipinski definition) is 1. The van der Waals surface area contributed by atoms with E-state index in [1.54, 1.807) is 0 Å². The van der Waals surface area contributed by atoms with E-state index in [-0.39, 0.29) is 5.41 Å². The zero-order valence-corrected chi connectivity index (χ0v) is 12.0. The van der Waals surface area contributed by atoms with Crippen LogP contribution >= 0.6 is 0 Å². The van der Waals surface area contributed by atoms with Crippen LogP contribution in [0.4, 0.5) is 0 Å². The Morgan fingerprint density at radius 3 is 2.50 bits per heavy atom. The Morgan fingerprint density at radius 2 is 1.83 bits per heavy atom. The minimum atomic E-state index is 0.117. The first-order valence-corrected chi connectivity index (χ1v) is 8.05. The summed E-state index contributed by atoms with van der Waals surface area (Å²) in [5, 5.41) is 9.82. The van der Waals surface area contributed by atoms with Crippen molar-refractivity contribution in [2.45, 2.75) is 77.2 Å². The molecule has 2 unspecified atom stereocenters. The number of ether oxygens (including phenoxy) is 1. The standard InChI is InChI=1S/C16H30O2/c1-2-3-4-5-6-7-10-16(13-17)11-12-18-15(16)14-8-9-14/h14-15,17H,2-13H2,1H3. The van der Waals surface area contributed by atoms with E-state index in [1.165, 1.54) is 57.8 Å². The Morgan fingerprint density at radius 1 is 1.11 bits per heavy atom. The van der Waals surface area contributed by atoms with Gasteiger partial charge < -0.3 is 9.84 Å². The van der Waals surface area contributed by atoms with Gasteiger partial charge in [0.05, 0.1) is 12.7 Å². The highest BCUT2D eigenvalue weighted by Crippen LogP contribution is 2.50. The van der Waals surface area contributed by atoms with Crippen LogP contribution in [0.1, 0.15) is 71.1 Å².